The van der Waals surface area contributed by atoms with Crippen molar-refractivity contribution in [2.45, 2.75) is 25.1 Å². The van der Waals surface area contributed by atoms with E-state index in [1.54, 1.807) is 12.1 Å². The van der Waals surface area contributed by atoms with Crippen LogP contribution in [0.2, 0.25) is 0 Å². The Morgan fingerprint density at radius 2 is 1.95 bits per heavy atom. The molecule has 118 valence electrons. The number of phenols is 1. The van der Waals surface area contributed by atoms with Crippen molar-refractivity contribution in [1.29, 1.82) is 0 Å². The number of phenolic OH excluding ortho intramolecular Hbond substituents is 1. The average Bonchev–Trinajstić information content (AvgIpc) is 2.41. The third-order valence-corrected chi connectivity index (χ3v) is 4.14. The maximum Gasteiger partial charge on any atom is 0.389 e. The van der Waals surface area contributed by atoms with Gasteiger partial charge in [0.05, 0.1) is 0 Å². The molecule has 7 heteroatoms. The van der Waals surface area contributed by atoms with Crippen molar-refractivity contribution in [2.75, 3.05) is 26.2 Å². The third-order valence-electron chi connectivity index (χ3n) is 3.65. The molecule has 0 aliphatic carbocycles. The fraction of sp³-hybridized carbons (Fsp3) is 0.571. The van der Waals surface area contributed by atoms with Crippen molar-refractivity contribution in [3.8, 4) is 5.75 Å². The highest BCUT2D eigenvalue weighted by molar-refractivity contribution is 9.10. The van der Waals surface area contributed by atoms with E-state index in [1.165, 1.54) is 6.07 Å². The zero-order valence-electron chi connectivity index (χ0n) is 11.5. The molecule has 1 aromatic rings. The minimum absolute atomic E-state index is 0.0371. The Balaban J connectivity index is 2.21. The lowest BCUT2D eigenvalue weighted by molar-refractivity contribution is -0.138. The molecule has 1 aliphatic heterocycles. The highest BCUT2D eigenvalue weighted by atomic mass is 79.9. The van der Waals surface area contributed by atoms with Crippen LogP contribution in [0.4, 0.5) is 13.2 Å². The van der Waals surface area contributed by atoms with Gasteiger partial charge in [-0.1, -0.05) is 22.0 Å². The van der Waals surface area contributed by atoms with E-state index in [9.17, 15) is 18.3 Å². The summed E-state index contributed by atoms with van der Waals surface area (Å²) >= 11 is 3.25. The number of hydrogen-bond donors (Lipinski definition) is 2. The highest BCUT2D eigenvalue weighted by Crippen LogP contribution is 2.36. The number of nitrogens with one attached hydrogen (secondary N) is 1. The van der Waals surface area contributed by atoms with Crippen molar-refractivity contribution in [2.24, 2.45) is 0 Å². The lowest BCUT2D eigenvalue weighted by Crippen LogP contribution is -2.45. The Morgan fingerprint density at radius 1 is 1.29 bits per heavy atom. The van der Waals surface area contributed by atoms with Gasteiger partial charge in [-0.2, -0.15) is 13.2 Å². The van der Waals surface area contributed by atoms with Crippen molar-refractivity contribution in [3.05, 3.63) is 28.2 Å². The molecule has 1 saturated heterocycles. The largest absolute Gasteiger partial charge is 0.508 e. The molecular formula is C14H18BrF3N2O. The van der Waals surface area contributed by atoms with Crippen LogP contribution in [0.15, 0.2) is 22.7 Å². The number of halogens is 4. The SMILES string of the molecule is Oc1cc(Br)ccc1[C@@H](CCC(F)(F)F)N1CCNCC1. The molecule has 1 aliphatic rings. The fourth-order valence-corrected chi connectivity index (χ4v) is 2.98. The Hall–Kier alpha value is -0.790. The molecule has 1 aromatic carbocycles. The van der Waals surface area contributed by atoms with E-state index in [4.69, 9.17) is 0 Å². The smallest absolute Gasteiger partial charge is 0.389 e. The fourth-order valence-electron chi connectivity index (χ4n) is 2.63. The normalized spacial score (nSPS) is 18.7. The van der Waals surface area contributed by atoms with Crippen LogP contribution in [0.1, 0.15) is 24.4 Å². The van der Waals surface area contributed by atoms with Gasteiger partial charge in [-0.15, -0.1) is 0 Å². The molecule has 0 radical (unpaired) electrons. The zero-order valence-corrected chi connectivity index (χ0v) is 13.0. The zero-order chi connectivity index (χ0) is 15.5. The summed E-state index contributed by atoms with van der Waals surface area (Å²) in [5.41, 5.74) is 0.560. The van der Waals surface area contributed by atoms with E-state index in [2.05, 4.69) is 21.2 Å². The lowest BCUT2D eigenvalue weighted by Gasteiger charge is -2.35. The Morgan fingerprint density at radius 3 is 2.52 bits per heavy atom. The molecule has 0 unspecified atom stereocenters. The van der Waals surface area contributed by atoms with E-state index in [0.717, 1.165) is 13.1 Å². The van der Waals surface area contributed by atoms with Gasteiger partial charge < -0.3 is 10.4 Å². The first kappa shape index (κ1) is 16.6. The Kier molecular flexibility index (Phi) is 5.51. The summed E-state index contributed by atoms with van der Waals surface area (Å²) in [5, 5.41) is 13.3. The second kappa shape index (κ2) is 6.98. The molecule has 0 saturated carbocycles. The molecule has 1 atom stereocenters. The van der Waals surface area contributed by atoms with Crippen LogP contribution in [0.5, 0.6) is 5.75 Å². The first-order chi connectivity index (χ1) is 9.87. The van der Waals surface area contributed by atoms with Gasteiger partial charge >= 0.3 is 6.18 Å². The quantitative estimate of drug-likeness (QED) is 0.856. The first-order valence-corrected chi connectivity index (χ1v) is 7.66. The van der Waals surface area contributed by atoms with Crippen LogP contribution in [0, 0.1) is 0 Å². The Labute approximate surface area is 130 Å². The van der Waals surface area contributed by atoms with Crippen LogP contribution < -0.4 is 5.32 Å². The molecule has 0 spiro atoms. The van der Waals surface area contributed by atoms with Crippen molar-refractivity contribution >= 4 is 15.9 Å². The van der Waals surface area contributed by atoms with Crippen molar-refractivity contribution < 1.29 is 18.3 Å². The number of nitrogens with zero attached hydrogens (tertiary/aromatic N) is 1. The number of piperazine rings is 1. The molecule has 2 rings (SSSR count). The average molecular weight is 367 g/mol. The lowest BCUT2D eigenvalue weighted by atomic mass is 9.98. The molecule has 3 nitrogen and oxygen atoms in total. The van der Waals surface area contributed by atoms with Gasteiger partial charge in [0.1, 0.15) is 5.75 Å². The molecule has 0 amide bonds. The predicted octanol–water partition coefficient (Wildman–Crippen LogP) is 3.44. The van der Waals surface area contributed by atoms with Crippen LogP contribution in [0.25, 0.3) is 0 Å². The molecule has 1 fully saturated rings. The maximum atomic E-state index is 12.6. The summed E-state index contributed by atoms with van der Waals surface area (Å²) in [6.07, 6.45) is -5.08. The van der Waals surface area contributed by atoms with E-state index < -0.39 is 18.6 Å². The maximum absolute atomic E-state index is 12.6. The minimum Gasteiger partial charge on any atom is -0.508 e. The van der Waals surface area contributed by atoms with Gasteiger partial charge in [0.2, 0.25) is 0 Å². The van der Waals surface area contributed by atoms with Gasteiger partial charge in [-0.25, -0.2) is 0 Å². The molecule has 1 heterocycles. The number of benzene rings is 1. The number of alkyl halides is 3. The van der Waals surface area contributed by atoms with E-state index in [0.29, 0.717) is 23.1 Å². The van der Waals surface area contributed by atoms with Crippen LogP contribution in [-0.2, 0) is 0 Å². The summed E-state index contributed by atoms with van der Waals surface area (Å²) in [5.74, 6) is 0.0371. The van der Waals surface area contributed by atoms with Gasteiger partial charge in [0.25, 0.3) is 0 Å². The molecule has 2 N–H and O–H groups in total. The second-order valence-electron chi connectivity index (χ2n) is 5.16. The predicted molar refractivity (Wildman–Crippen MR) is 78.3 cm³/mol. The van der Waals surface area contributed by atoms with Gasteiger partial charge in [0.15, 0.2) is 0 Å². The first-order valence-electron chi connectivity index (χ1n) is 6.87. The van der Waals surface area contributed by atoms with E-state index in [-0.39, 0.29) is 12.2 Å². The number of aromatic hydroxyl groups is 1. The monoisotopic (exact) mass is 366 g/mol. The van der Waals surface area contributed by atoms with Gasteiger partial charge in [0, 0.05) is 48.7 Å². The van der Waals surface area contributed by atoms with Crippen molar-refractivity contribution in [3.63, 3.8) is 0 Å². The van der Waals surface area contributed by atoms with E-state index in [1.807, 2.05) is 4.90 Å². The Bertz CT molecular complexity index is 476. The van der Waals surface area contributed by atoms with Gasteiger partial charge in [-0.05, 0) is 18.6 Å². The summed E-state index contributed by atoms with van der Waals surface area (Å²) in [6, 6.07) is 4.56. The van der Waals surface area contributed by atoms with Crippen molar-refractivity contribution in [1.82, 2.24) is 10.2 Å². The highest BCUT2D eigenvalue weighted by Gasteiger charge is 2.32. The van der Waals surface area contributed by atoms with E-state index >= 15 is 0 Å². The summed E-state index contributed by atoms with van der Waals surface area (Å²) in [6.45, 7) is 2.86. The molecular weight excluding hydrogens is 349 g/mol. The van der Waals surface area contributed by atoms with Crippen LogP contribution in [-0.4, -0.2) is 42.4 Å². The van der Waals surface area contributed by atoms with Crippen LogP contribution in [0.3, 0.4) is 0 Å². The third kappa shape index (κ3) is 4.86. The van der Waals surface area contributed by atoms with Gasteiger partial charge in [-0.3, -0.25) is 4.90 Å². The summed E-state index contributed by atoms with van der Waals surface area (Å²) in [4.78, 5) is 2.01. The topological polar surface area (TPSA) is 35.5 Å². The molecule has 0 aromatic heterocycles. The standard InChI is InChI=1S/C14H18BrF3N2O/c15-10-1-2-11(13(21)9-10)12(3-4-14(16,17)18)20-7-5-19-6-8-20/h1-2,9,12,19,21H,3-8H2/t12-/m1/s1. The number of hydrogen-bond acceptors (Lipinski definition) is 3. The molecule has 21 heavy (non-hydrogen) atoms. The summed E-state index contributed by atoms with van der Waals surface area (Å²) < 4.78 is 38.4. The summed E-state index contributed by atoms with van der Waals surface area (Å²) in [7, 11) is 0. The minimum atomic E-state index is -4.18. The molecule has 0 bridgehead atoms. The van der Waals surface area contributed by atoms with Crippen LogP contribution >= 0.6 is 15.9 Å². The second-order valence-corrected chi connectivity index (χ2v) is 6.07. The number of rotatable bonds is 4.